The van der Waals surface area contributed by atoms with Crippen molar-refractivity contribution in [2.75, 3.05) is 12.4 Å². The summed E-state index contributed by atoms with van der Waals surface area (Å²) in [6.07, 6.45) is 1.13. The van der Waals surface area contributed by atoms with Gasteiger partial charge in [0.2, 0.25) is 5.91 Å². The van der Waals surface area contributed by atoms with E-state index in [4.69, 9.17) is 0 Å². The molecule has 0 aliphatic carbocycles. The summed E-state index contributed by atoms with van der Waals surface area (Å²) in [6.45, 7) is 0. The fourth-order valence-electron chi connectivity index (χ4n) is 2.00. The Morgan fingerprint density at radius 3 is 2.43 bits per heavy atom. The molecule has 1 aromatic heterocycles. The van der Waals surface area contributed by atoms with Gasteiger partial charge in [-0.05, 0) is 42.1 Å². The molecule has 0 aliphatic rings. The summed E-state index contributed by atoms with van der Waals surface area (Å²) in [4.78, 5) is 35.7. The Balaban J connectivity index is 1.76. The Morgan fingerprint density at radius 1 is 1.09 bits per heavy atom. The number of benzene rings is 1. The normalized spacial score (nSPS) is 10.1. The van der Waals surface area contributed by atoms with Gasteiger partial charge in [0.15, 0.2) is 5.78 Å². The first-order chi connectivity index (χ1) is 11.1. The number of nitrogens with one attached hydrogen (secondary N) is 1. The quantitative estimate of drug-likeness (QED) is 0.622. The van der Waals surface area contributed by atoms with Gasteiger partial charge in [-0.2, -0.15) is 0 Å². The lowest BCUT2D eigenvalue weighted by molar-refractivity contribution is -0.116. The highest BCUT2D eigenvalue weighted by Crippen LogP contribution is 2.14. The molecule has 0 spiro atoms. The molecular weight excluding hydrogens is 314 g/mol. The zero-order chi connectivity index (χ0) is 16.7. The number of esters is 1. The Kier molecular flexibility index (Phi) is 6.05. The van der Waals surface area contributed by atoms with Crippen molar-refractivity contribution in [3.63, 3.8) is 0 Å². The van der Waals surface area contributed by atoms with Gasteiger partial charge in [0.05, 0.1) is 17.6 Å². The third-order valence-electron chi connectivity index (χ3n) is 3.19. The SMILES string of the molecule is COC(=O)c1ccc(NC(=O)CCCC(=O)c2cccs2)cc1. The van der Waals surface area contributed by atoms with Gasteiger partial charge >= 0.3 is 5.97 Å². The number of ether oxygens (including phenoxy) is 1. The first-order valence-electron chi connectivity index (χ1n) is 7.15. The van der Waals surface area contributed by atoms with Crippen LogP contribution < -0.4 is 5.32 Å². The standard InChI is InChI=1S/C17H17NO4S/c1-22-17(21)12-7-9-13(10-8-12)18-16(20)6-2-4-14(19)15-5-3-11-23-15/h3,5,7-11H,2,4,6H2,1H3,(H,18,20). The van der Waals surface area contributed by atoms with Gasteiger partial charge in [-0.25, -0.2) is 4.79 Å². The van der Waals surface area contributed by atoms with E-state index in [-0.39, 0.29) is 18.1 Å². The van der Waals surface area contributed by atoms with Gasteiger partial charge in [-0.1, -0.05) is 6.07 Å². The van der Waals surface area contributed by atoms with Crippen molar-refractivity contribution in [3.05, 3.63) is 52.2 Å². The van der Waals surface area contributed by atoms with Crippen molar-refractivity contribution in [1.82, 2.24) is 0 Å². The third kappa shape index (κ3) is 5.03. The van der Waals surface area contributed by atoms with Gasteiger partial charge in [0.25, 0.3) is 0 Å². The van der Waals surface area contributed by atoms with Crippen LogP contribution in [0.25, 0.3) is 0 Å². The minimum absolute atomic E-state index is 0.0650. The number of amides is 1. The number of carbonyl (C=O) groups excluding carboxylic acids is 3. The lowest BCUT2D eigenvalue weighted by atomic mass is 10.1. The summed E-state index contributed by atoms with van der Waals surface area (Å²) in [6, 6.07) is 10.1. The molecule has 1 aromatic carbocycles. The fraction of sp³-hybridized carbons (Fsp3) is 0.235. The number of ketones is 1. The van der Waals surface area contributed by atoms with Crippen LogP contribution in [0.15, 0.2) is 41.8 Å². The number of rotatable bonds is 7. The number of Topliss-reactive ketones (excluding diaryl/α,β-unsaturated/α-hetero) is 1. The smallest absolute Gasteiger partial charge is 0.337 e. The molecule has 0 saturated heterocycles. The Bertz CT molecular complexity index is 677. The second kappa shape index (κ2) is 8.24. The Labute approximate surface area is 138 Å². The van der Waals surface area contributed by atoms with E-state index in [1.165, 1.54) is 18.4 Å². The zero-order valence-corrected chi connectivity index (χ0v) is 13.5. The van der Waals surface area contributed by atoms with Crippen LogP contribution in [-0.2, 0) is 9.53 Å². The number of carbonyl (C=O) groups is 3. The van der Waals surface area contributed by atoms with Gasteiger partial charge in [-0.3, -0.25) is 9.59 Å². The van der Waals surface area contributed by atoms with E-state index in [9.17, 15) is 14.4 Å². The molecule has 1 N–H and O–H groups in total. The largest absolute Gasteiger partial charge is 0.465 e. The lowest BCUT2D eigenvalue weighted by Crippen LogP contribution is -2.12. The molecule has 5 nitrogen and oxygen atoms in total. The average molecular weight is 331 g/mol. The van der Waals surface area contributed by atoms with Gasteiger partial charge in [-0.15, -0.1) is 11.3 Å². The molecule has 0 unspecified atom stereocenters. The van der Waals surface area contributed by atoms with Crippen LogP contribution in [0.3, 0.4) is 0 Å². The van der Waals surface area contributed by atoms with Crippen molar-refractivity contribution < 1.29 is 19.1 Å². The number of methoxy groups -OCH3 is 1. The lowest BCUT2D eigenvalue weighted by Gasteiger charge is -2.06. The Hall–Kier alpha value is -2.47. The highest BCUT2D eigenvalue weighted by molar-refractivity contribution is 7.12. The van der Waals surface area contributed by atoms with E-state index in [2.05, 4.69) is 10.1 Å². The van der Waals surface area contributed by atoms with E-state index in [1.807, 2.05) is 11.4 Å². The first kappa shape index (κ1) is 16.9. The summed E-state index contributed by atoms with van der Waals surface area (Å²) >= 11 is 1.41. The van der Waals surface area contributed by atoms with Crippen LogP contribution in [-0.4, -0.2) is 24.8 Å². The molecule has 0 fully saturated rings. The van der Waals surface area contributed by atoms with E-state index >= 15 is 0 Å². The summed E-state index contributed by atoms with van der Waals surface area (Å²) in [5.74, 6) is -0.514. The van der Waals surface area contributed by atoms with Crippen molar-refractivity contribution in [1.29, 1.82) is 0 Å². The maximum absolute atomic E-state index is 11.8. The number of anilines is 1. The first-order valence-corrected chi connectivity index (χ1v) is 8.03. The summed E-state index contributed by atoms with van der Waals surface area (Å²) in [7, 11) is 1.31. The van der Waals surface area contributed by atoms with Gasteiger partial charge in [0.1, 0.15) is 0 Å². The summed E-state index contributed by atoms with van der Waals surface area (Å²) < 4.78 is 4.61. The molecule has 0 atom stereocenters. The predicted octanol–water partition coefficient (Wildman–Crippen LogP) is 3.53. The van der Waals surface area contributed by atoms with Crippen molar-refractivity contribution in [3.8, 4) is 0 Å². The molecule has 2 aromatic rings. The van der Waals surface area contributed by atoms with Crippen LogP contribution in [0.4, 0.5) is 5.69 Å². The van der Waals surface area contributed by atoms with Crippen LogP contribution in [0.1, 0.15) is 39.3 Å². The second-order valence-electron chi connectivity index (χ2n) is 4.87. The molecule has 0 saturated carbocycles. The number of hydrogen-bond acceptors (Lipinski definition) is 5. The number of hydrogen-bond donors (Lipinski definition) is 1. The highest BCUT2D eigenvalue weighted by atomic mass is 32.1. The van der Waals surface area contributed by atoms with E-state index in [1.54, 1.807) is 30.3 Å². The van der Waals surface area contributed by atoms with Crippen molar-refractivity contribution in [2.45, 2.75) is 19.3 Å². The molecule has 120 valence electrons. The number of thiophene rings is 1. The van der Waals surface area contributed by atoms with E-state index in [0.29, 0.717) is 24.1 Å². The van der Waals surface area contributed by atoms with Crippen LogP contribution >= 0.6 is 11.3 Å². The molecular formula is C17H17NO4S. The molecule has 1 heterocycles. The molecule has 0 aliphatic heterocycles. The van der Waals surface area contributed by atoms with Crippen molar-refractivity contribution in [2.24, 2.45) is 0 Å². The fourth-order valence-corrected chi connectivity index (χ4v) is 2.70. The zero-order valence-electron chi connectivity index (χ0n) is 12.7. The molecule has 1 amide bonds. The van der Waals surface area contributed by atoms with Gasteiger partial charge < -0.3 is 10.1 Å². The summed E-state index contributed by atoms with van der Waals surface area (Å²) in [5, 5.41) is 4.59. The van der Waals surface area contributed by atoms with E-state index < -0.39 is 5.97 Å². The average Bonchev–Trinajstić information content (AvgIpc) is 3.09. The Morgan fingerprint density at radius 2 is 1.83 bits per heavy atom. The molecule has 23 heavy (non-hydrogen) atoms. The third-order valence-corrected chi connectivity index (χ3v) is 4.10. The van der Waals surface area contributed by atoms with Crippen LogP contribution in [0, 0.1) is 0 Å². The maximum atomic E-state index is 11.8. The van der Waals surface area contributed by atoms with Crippen molar-refractivity contribution >= 4 is 34.7 Å². The topological polar surface area (TPSA) is 72.5 Å². The summed E-state index contributed by atoms with van der Waals surface area (Å²) in [5.41, 5.74) is 1.03. The molecule has 0 radical (unpaired) electrons. The monoisotopic (exact) mass is 331 g/mol. The van der Waals surface area contributed by atoms with E-state index in [0.717, 1.165) is 4.88 Å². The van der Waals surface area contributed by atoms with Crippen LogP contribution in [0.2, 0.25) is 0 Å². The molecule has 0 bridgehead atoms. The molecule has 2 rings (SSSR count). The second-order valence-corrected chi connectivity index (χ2v) is 5.82. The maximum Gasteiger partial charge on any atom is 0.337 e. The minimum atomic E-state index is -0.421. The van der Waals surface area contributed by atoms with Crippen LogP contribution in [0.5, 0.6) is 0 Å². The predicted molar refractivity (Wildman–Crippen MR) is 88.9 cm³/mol. The molecule has 6 heteroatoms. The van der Waals surface area contributed by atoms with Gasteiger partial charge in [0, 0.05) is 18.5 Å². The highest BCUT2D eigenvalue weighted by Gasteiger charge is 2.09. The minimum Gasteiger partial charge on any atom is -0.465 e.